The van der Waals surface area contributed by atoms with E-state index >= 15 is 0 Å². The van der Waals surface area contributed by atoms with Crippen molar-refractivity contribution in [3.05, 3.63) is 22.8 Å². The molecule has 2 aliphatic heterocycles. The van der Waals surface area contributed by atoms with Crippen LogP contribution in [0.5, 0.6) is 5.75 Å². The topological polar surface area (TPSA) is 64.8 Å². The third-order valence-corrected chi connectivity index (χ3v) is 5.02. The number of carbonyl (C=O) groups is 1. The number of ether oxygens (including phenoxy) is 2. The van der Waals surface area contributed by atoms with E-state index in [1.807, 2.05) is 31.7 Å². The Bertz CT molecular complexity index is 670. The standard InChI is InChI=1S/C20H30N2O3/c1-12-10-16(21)18-15(11-13(2)24-18)17(12)14-6-8-22(9-7-14)19(23)25-20(3,4)5/h10,13-14H,6-9,11,21H2,1-5H3/t13-/m1/s1. The molecule has 1 aromatic carbocycles. The second-order valence-corrected chi connectivity index (χ2v) is 8.38. The molecule has 0 radical (unpaired) electrons. The van der Waals surface area contributed by atoms with E-state index in [-0.39, 0.29) is 12.2 Å². The van der Waals surface area contributed by atoms with Crippen LogP contribution in [0.4, 0.5) is 10.5 Å². The number of amides is 1. The SMILES string of the molecule is Cc1cc(N)c2c(c1C1CCN(C(=O)OC(C)(C)C)CC1)C[C@@H](C)O2. The van der Waals surface area contributed by atoms with Crippen molar-refractivity contribution in [1.82, 2.24) is 4.90 Å². The maximum atomic E-state index is 12.3. The molecular formula is C20H30N2O3. The Labute approximate surface area is 150 Å². The normalized spacial score (nSPS) is 21.0. The summed E-state index contributed by atoms with van der Waals surface area (Å²) in [7, 11) is 0. The molecule has 5 nitrogen and oxygen atoms in total. The summed E-state index contributed by atoms with van der Waals surface area (Å²) < 4.78 is 11.4. The smallest absolute Gasteiger partial charge is 0.410 e. The van der Waals surface area contributed by atoms with Crippen molar-refractivity contribution in [2.45, 2.75) is 71.5 Å². The highest BCUT2D eigenvalue weighted by atomic mass is 16.6. The van der Waals surface area contributed by atoms with E-state index in [1.54, 1.807) is 0 Å². The van der Waals surface area contributed by atoms with Gasteiger partial charge in [-0.15, -0.1) is 0 Å². The number of nitrogens with two attached hydrogens (primary N) is 1. The maximum absolute atomic E-state index is 12.3. The zero-order valence-electron chi connectivity index (χ0n) is 16.0. The predicted molar refractivity (Wildman–Crippen MR) is 99.2 cm³/mol. The monoisotopic (exact) mass is 346 g/mol. The molecule has 25 heavy (non-hydrogen) atoms. The van der Waals surface area contributed by atoms with Crippen molar-refractivity contribution >= 4 is 11.8 Å². The van der Waals surface area contributed by atoms with Crippen LogP contribution in [0.25, 0.3) is 0 Å². The van der Waals surface area contributed by atoms with Crippen LogP contribution in [0.2, 0.25) is 0 Å². The lowest BCUT2D eigenvalue weighted by molar-refractivity contribution is 0.0204. The van der Waals surface area contributed by atoms with Gasteiger partial charge in [0, 0.05) is 25.1 Å². The summed E-state index contributed by atoms with van der Waals surface area (Å²) in [6, 6.07) is 2.03. The van der Waals surface area contributed by atoms with Crippen LogP contribution in [0.15, 0.2) is 6.07 Å². The van der Waals surface area contributed by atoms with Gasteiger partial charge in [0.2, 0.25) is 0 Å². The number of nitrogens with zero attached hydrogens (tertiary/aromatic N) is 1. The first-order valence-corrected chi connectivity index (χ1v) is 9.22. The Balaban J connectivity index is 1.74. The third-order valence-electron chi connectivity index (χ3n) is 5.02. The third kappa shape index (κ3) is 3.70. The van der Waals surface area contributed by atoms with Gasteiger partial charge in [-0.25, -0.2) is 4.79 Å². The fourth-order valence-electron chi connectivity index (χ4n) is 4.03. The molecule has 1 aromatic rings. The van der Waals surface area contributed by atoms with Gasteiger partial charge in [0.05, 0.1) is 5.69 Å². The van der Waals surface area contributed by atoms with E-state index in [9.17, 15) is 4.79 Å². The Hall–Kier alpha value is -1.91. The van der Waals surface area contributed by atoms with Crippen molar-refractivity contribution in [2.75, 3.05) is 18.8 Å². The fourth-order valence-corrected chi connectivity index (χ4v) is 4.03. The molecule has 0 unspecified atom stereocenters. The van der Waals surface area contributed by atoms with E-state index in [4.69, 9.17) is 15.2 Å². The van der Waals surface area contributed by atoms with Crippen LogP contribution in [0.3, 0.4) is 0 Å². The molecule has 0 aliphatic carbocycles. The van der Waals surface area contributed by atoms with Crippen molar-refractivity contribution in [3.8, 4) is 5.75 Å². The molecule has 1 fully saturated rings. The lowest BCUT2D eigenvalue weighted by Crippen LogP contribution is -2.41. The molecule has 3 rings (SSSR count). The highest BCUT2D eigenvalue weighted by Crippen LogP contribution is 2.44. The second-order valence-electron chi connectivity index (χ2n) is 8.38. The molecule has 138 valence electrons. The molecular weight excluding hydrogens is 316 g/mol. The highest BCUT2D eigenvalue weighted by molar-refractivity contribution is 5.68. The van der Waals surface area contributed by atoms with Crippen LogP contribution in [-0.2, 0) is 11.2 Å². The number of benzene rings is 1. The first-order chi connectivity index (χ1) is 11.7. The van der Waals surface area contributed by atoms with E-state index in [1.165, 1.54) is 16.7 Å². The van der Waals surface area contributed by atoms with Crippen molar-refractivity contribution in [2.24, 2.45) is 0 Å². The van der Waals surface area contributed by atoms with Crippen molar-refractivity contribution < 1.29 is 14.3 Å². The van der Waals surface area contributed by atoms with Gasteiger partial charge in [0.1, 0.15) is 17.5 Å². The number of rotatable bonds is 1. The quantitative estimate of drug-likeness (QED) is 0.780. The number of piperidine rings is 1. The molecule has 0 aromatic heterocycles. The van der Waals surface area contributed by atoms with Crippen LogP contribution in [-0.4, -0.2) is 35.8 Å². The van der Waals surface area contributed by atoms with E-state index in [0.717, 1.165) is 43.8 Å². The number of hydrogen-bond acceptors (Lipinski definition) is 4. The second kappa shape index (κ2) is 6.43. The van der Waals surface area contributed by atoms with Gasteiger partial charge in [-0.05, 0) is 70.6 Å². The lowest BCUT2D eigenvalue weighted by atomic mass is 9.82. The highest BCUT2D eigenvalue weighted by Gasteiger charge is 2.33. The zero-order valence-corrected chi connectivity index (χ0v) is 16.0. The maximum Gasteiger partial charge on any atom is 0.410 e. The van der Waals surface area contributed by atoms with Crippen LogP contribution < -0.4 is 10.5 Å². The first kappa shape index (κ1) is 17.9. The molecule has 0 spiro atoms. The van der Waals surface area contributed by atoms with Gasteiger partial charge in [0.25, 0.3) is 0 Å². The number of anilines is 1. The molecule has 1 amide bonds. The predicted octanol–water partition coefficient (Wildman–Crippen LogP) is 4.02. The molecule has 5 heteroatoms. The van der Waals surface area contributed by atoms with Crippen LogP contribution >= 0.6 is 0 Å². The molecule has 0 saturated carbocycles. The Morgan fingerprint density at radius 3 is 2.56 bits per heavy atom. The molecule has 2 N–H and O–H groups in total. The summed E-state index contributed by atoms with van der Waals surface area (Å²) in [6.45, 7) is 11.4. The minimum atomic E-state index is -0.449. The number of fused-ring (bicyclic) bond motifs is 1. The Morgan fingerprint density at radius 2 is 1.96 bits per heavy atom. The number of carbonyl (C=O) groups excluding carboxylic acids is 1. The number of likely N-dealkylation sites (tertiary alicyclic amines) is 1. The van der Waals surface area contributed by atoms with Gasteiger partial charge < -0.3 is 20.1 Å². The molecule has 1 atom stereocenters. The molecule has 1 saturated heterocycles. The summed E-state index contributed by atoms with van der Waals surface area (Å²) in [5, 5.41) is 0. The lowest BCUT2D eigenvalue weighted by Gasteiger charge is -2.34. The largest absolute Gasteiger partial charge is 0.488 e. The van der Waals surface area contributed by atoms with Crippen LogP contribution in [0.1, 0.15) is 63.1 Å². The average molecular weight is 346 g/mol. The van der Waals surface area contributed by atoms with Gasteiger partial charge >= 0.3 is 6.09 Å². The Kier molecular flexibility index (Phi) is 4.60. The van der Waals surface area contributed by atoms with Gasteiger partial charge in [-0.3, -0.25) is 0 Å². The average Bonchev–Trinajstić information content (AvgIpc) is 2.88. The summed E-state index contributed by atoms with van der Waals surface area (Å²) in [5.41, 5.74) is 10.4. The summed E-state index contributed by atoms with van der Waals surface area (Å²) in [5.74, 6) is 1.32. The van der Waals surface area contributed by atoms with Gasteiger partial charge in [-0.1, -0.05) is 0 Å². The van der Waals surface area contributed by atoms with E-state index in [2.05, 4.69) is 13.8 Å². The minimum absolute atomic E-state index is 0.180. The fraction of sp³-hybridized carbons (Fsp3) is 0.650. The summed E-state index contributed by atoms with van der Waals surface area (Å²) in [6.07, 6.45) is 2.79. The zero-order chi connectivity index (χ0) is 18.4. The number of hydrogen-bond donors (Lipinski definition) is 1. The van der Waals surface area contributed by atoms with Gasteiger partial charge in [0.15, 0.2) is 0 Å². The van der Waals surface area contributed by atoms with Gasteiger partial charge in [-0.2, -0.15) is 0 Å². The van der Waals surface area contributed by atoms with E-state index < -0.39 is 5.60 Å². The summed E-state index contributed by atoms with van der Waals surface area (Å²) >= 11 is 0. The molecule has 2 heterocycles. The van der Waals surface area contributed by atoms with E-state index in [0.29, 0.717) is 5.92 Å². The molecule has 0 bridgehead atoms. The van der Waals surface area contributed by atoms with Crippen molar-refractivity contribution in [1.29, 1.82) is 0 Å². The number of nitrogen functional groups attached to an aromatic ring is 1. The number of aryl methyl sites for hydroxylation is 1. The summed E-state index contributed by atoms with van der Waals surface area (Å²) in [4.78, 5) is 14.1. The first-order valence-electron chi connectivity index (χ1n) is 9.22. The minimum Gasteiger partial charge on any atom is -0.488 e. The van der Waals surface area contributed by atoms with Crippen molar-refractivity contribution in [3.63, 3.8) is 0 Å². The molecule has 2 aliphatic rings. The van der Waals surface area contributed by atoms with Crippen LogP contribution in [0, 0.1) is 6.92 Å². The Morgan fingerprint density at radius 1 is 1.32 bits per heavy atom.